The van der Waals surface area contributed by atoms with Crippen molar-refractivity contribution >= 4 is 49.9 Å². The van der Waals surface area contributed by atoms with Gasteiger partial charge in [-0.15, -0.1) is 0 Å². The fourth-order valence-corrected chi connectivity index (χ4v) is 5.10. The van der Waals surface area contributed by atoms with E-state index >= 15 is 4.39 Å². The number of aromatic nitrogens is 4. The molecule has 0 spiro atoms. The second-order valence-electron chi connectivity index (χ2n) is 7.98. The van der Waals surface area contributed by atoms with Crippen molar-refractivity contribution in [1.82, 2.24) is 19.9 Å². The van der Waals surface area contributed by atoms with Crippen LogP contribution in [0.5, 0.6) is 0 Å². The van der Waals surface area contributed by atoms with Crippen LogP contribution in [0.15, 0.2) is 47.9 Å². The van der Waals surface area contributed by atoms with E-state index in [1.807, 2.05) is 4.72 Å². The molecule has 1 aliphatic carbocycles. The van der Waals surface area contributed by atoms with Gasteiger partial charge in [0, 0.05) is 18.9 Å². The molecule has 1 aromatic carbocycles. The van der Waals surface area contributed by atoms with Crippen molar-refractivity contribution in [3.8, 4) is 0 Å². The van der Waals surface area contributed by atoms with Gasteiger partial charge in [0.1, 0.15) is 33.7 Å². The first-order valence-corrected chi connectivity index (χ1v) is 12.3. The van der Waals surface area contributed by atoms with Gasteiger partial charge < -0.3 is 10.3 Å². The summed E-state index contributed by atoms with van der Waals surface area (Å²) in [7, 11) is -4.38. The summed E-state index contributed by atoms with van der Waals surface area (Å²) in [6.07, 6.45) is 6.06. The first-order chi connectivity index (χ1) is 16.8. The molecule has 13 heteroatoms. The number of carbonyl (C=O) groups excluding carboxylic acids is 1. The molecule has 0 radical (unpaired) electrons. The van der Waals surface area contributed by atoms with Gasteiger partial charge >= 0.3 is 0 Å². The van der Waals surface area contributed by atoms with E-state index in [1.54, 1.807) is 0 Å². The predicted molar refractivity (Wildman–Crippen MR) is 125 cm³/mol. The second kappa shape index (κ2) is 8.86. The maximum atomic E-state index is 15.4. The number of benzene rings is 1. The fraction of sp³-hybridized carbons (Fsp3) is 0.182. The minimum atomic E-state index is -4.38. The zero-order chi connectivity index (χ0) is 24.7. The Hall–Kier alpha value is -3.64. The molecule has 3 heterocycles. The van der Waals surface area contributed by atoms with Crippen LogP contribution in [0.3, 0.4) is 0 Å². The van der Waals surface area contributed by atoms with E-state index in [-0.39, 0.29) is 16.1 Å². The maximum absolute atomic E-state index is 15.4. The minimum Gasteiger partial charge on any atom is -0.369 e. The van der Waals surface area contributed by atoms with E-state index in [0.29, 0.717) is 23.9 Å². The van der Waals surface area contributed by atoms with Crippen molar-refractivity contribution in [1.29, 1.82) is 0 Å². The summed E-state index contributed by atoms with van der Waals surface area (Å²) >= 11 is 5.85. The Morgan fingerprint density at radius 3 is 2.71 bits per heavy atom. The molecule has 1 fully saturated rings. The first-order valence-electron chi connectivity index (χ1n) is 10.5. The van der Waals surface area contributed by atoms with Crippen molar-refractivity contribution in [2.75, 3.05) is 16.6 Å². The van der Waals surface area contributed by atoms with Crippen LogP contribution in [0.1, 0.15) is 28.8 Å². The molecule has 35 heavy (non-hydrogen) atoms. The molecule has 0 unspecified atom stereocenters. The quantitative estimate of drug-likeness (QED) is 0.236. The molecule has 3 aromatic heterocycles. The predicted octanol–water partition coefficient (Wildman–Crippen LogP) is 4.14. The van der Waals surface area contributed by atoms with E-state index in [9.17, 15) is 17.6 Å². The molecule has 0 bridgehead atoms. The lowest BCUT2D eigenvalue weighted by Gasteiger charge is -2.12. The van der Waals surface area contributed by atoms with Gasteiger partial charge in [0.2, 0.25) is 5.78 Å². The standard InChI is InChI=1S/C22H17ClF2N6O3S/c23-20-15(2-1-7-26-20)35(33,34)31-14-6-5-13(24)17(18(14)25)19(32)12-9-28-22-16(12)21(29-10-30-22)27-8-11-3-4-11/h1-2,5-7,9-11,31H,3-4,8H2,(H2,27,28,29,30). The van der Waals surface area contributed by atoms with Gasteiger partial charge in [-0.2, -0.15) is 0 Å². The number of carbonyl (C=O) groups is 1. The third-order valence-corrected chi connectivity index (χ3v) is 7.36. The average molecular weight is 519 g/mol. The molecule has 0 atom stereocenters. The van der Waals surface area contributed by atoms with E-state index in [4.69, 9.17) is 11.6 Å². The van der Waals surface area contributed by atoms with Crippen molar-refractivity contribution in [2.24, 2.45) is 5.92 Å². The van der Waals surface area contributed by atoms with Crippen LogP contribution in [0.4, 0.5) is 20.3 Å². The van der Waals surface area contributed by atoms with Gasteiger partial charge in [0.15, 0.2) is 5.82 Å². The molecule has 0 saturated heterocycles. The smallest absolute Gasteiger partial charge is 0.265 e. The number of anilines is 2. The van der Waals surface area contributed by atoms with Crippen LogP contribution in [0.2, 0.25) is 5.15 Å². The Labute approximate surface area is 203 Å². The van der Waals surface area contributed by atoms with Crippen LogP contribution in [0.25, 0.3) is 11.0 Å². The fourth-order valence-electron chi connectivity index (χ4n) is 3.58. The molecular weight excluding hydrogens is 502 g/mol. The Morgan fingerprint density at radius 1 is 1.17 bits per heavy atom. The number of hydrogen-bond donors (Lipinski definition) is 3. The Morgan fingerprint density at radius 2 is 1.97 bits per heavy atom. The molecule has 0 amide bonds. The number of pyridine rings is 1. The van der Waals surface area contributed by atoms with Crippen LogP contribution < -0.4 is 10.0 Å². The number of nitrogens with zero attached hydrogens (tertiary/aromatic N) is 3. The highest BCUT2D eigenvalue weighted by molar-refractivity contribution is 7.92. The highest BCUT2D eigenvalue weighted by Gasteiger charge is 2.28. The van der Waals surface area contributed by atoms with Gasteiger partial charge in [-0.1, -0.05) is 11.6 Å². The number of rotatable bonds is 8. The molecule has 9 nitrogen and oxygen atoms in total. The van der Waals surface area contributed by atoms with Crippen LogP contribution in [-0.2, 0) is 10.0 Å². The highest BCUT2D eigenvalue weighted by atomic mass is 35.5. The van der Waals surface area contributed by atoms with Crippen molar-refractivity contribution in [2.45, 2.75) is 17.7 Å². The number of fused-ring (bicyclic) bond motifs is 1. The Bertz CT molecular complexity index is 1570. The second-order valence-corrected chi connectivity index (χ2v) is 9.99. The largest absolute Gasteiger partial charge is 0.369 e. The van der Waals surface area contributed by atoms with E-state index in [0.717, 1.165) is 25.0 Å². The number of ketones is 1. The lowest BCUT2D eigenvalue weighted by atomic mass is 10.0. The Kier molecular flexibility index (Phi) is 5.85. The number of sulfonamides is 1. The summed E-state index contributed by atoms with van der Waals surface area (Å²) in [5, 5.41) is 3.11. The van der Waals surface area contributed by atoms with Crippen LogP contribution >= 0.6 is 11.6 Å². The molecule has 180 valence electrons. The molecule has 3 N–H and O–H groups in total. The topological polar surface area (TPSA) is 130 Å². The third-order valence-electron chi connectivity index (χ3n) is 5.55. The zero-order valence-electron chi connectivity index (χ0n) is 17.8. The monoisotopic (exact) mass is 518 g/mol. The Balaban J connectivity index is 1.53. The first kappa shape index (κ1) is 23.1. The van der Waals surface area contributed by atoms with Gasteiger partial charge in [-0.3, -0.25) is 9.52 Å². The van der Waals surface area contributed by atoms with Crippen molar-refractivity contribution < 1.29 is 22.0 Å². The van der Waals surface area contributed by atoms with E-state index in [1.165, 1.54) is 30.9 Å². The summed E-state index contributed by atoms with van der Waals surface area (Å²) in [5.41, 5.74) is -1.31. The number of nitrogens with one attached hydrogen (secondary N) is 3. The summed E-state index contributed by atoms with van der Waals surface area (Å²) in [5.74, 6) is -2.68. The van der Waals surface area contributed by atoms with E-state index in [2.05, 4.69) is 25.3 Å². The number of halogens is 3. The van der Waals surface area contributed by atoms with Crippen LogP contribution in [-0.4, -0.2) is 40.7 Å². The molecular formula is C22H17ClF2N6O3S. The number of aromatic amines is 1. The normalized spacial score (nSPS) is 13.7. The van der Waals surface area contributed by atoms with Gasteiger partial charge in [0.25, 0.3) is 10.0 Å². The average Bonchev–Trinajstić information content (AvgIpc) is 3.55. The molecule has 1 aliphatic rings. The summed E-state index contributed by atoms with van der Waals surface area (Å²) < 4.78 is 57.5. The van der Waals surface area contributed by atoms with Crippen molar-refractivity contribution in [3.05, 3.63) is 70.9 Å². The third kappa shape index (κ3) is 4.42. The summed E-state index contributed by atoms with van der Waals surface area (Å²) in [4.78, 5) is 27.7. The molecule has 0 aliphatic heterocycles. The maximum Gasteiger partial charge on any atom is 0.265 e. The molecule has 4 aromatic rings. The number of hydrogen-bond acceptors (Lipinski definition) is 7. The molecule has 1 saturated carbocycles. The van der Waals surface area contributed by atoms with E-state index < -0.39 is 43.6 Å². The van der Waals surface area contributed by atoms with Crippen molar-refractivity contribution in [3.63, 3.8) is 0 Å². The summed E-state index contributed by atoms with van der Waals surface area (Å²) in [6, 6.07) is 4.19. The van der Waals surface area contributed by atoms with Crippen LogP contribution in [0, 0.1) is 17.6 Å². The minimum absolute atomic E-state index is 0.0630. The van der Waals surface area contributed by atoms with Gasteiger partial charge in [0.05, 0.1) is 22.2 Å². The molecule has 5 rings (SSSR count). The lowest BCUT2D eigenvalue weighted by Crippen LogP contribution is -2.17. The SMILES string of the molecule is O=C(c1c(F)ccc(NS(=O)(=O)c2cccnc2Cl)c1F)c1c[nH]c2ncnc(NCC3CC3)c12. The number of H-pyrrole nitrogens is 1. The van der Waals surface area contributed by atoms with Gasteiger partial charge in [-0.25, -0.2) is 32.2 Å². The highest BCUT2D eigenvalue weighted by Crippen LogP contribution is 2.32. The zero-order valence-corrected chi connectivity index (χ0v) is 19.4. The lowest BCUT2D eigenvalue weighted by molar-refractivity contribution is 0.103. The summed E-state index contributed by atoms with van der Waals surface area (Å²) in [6.45, 7) is 0.641. The van der Waals surface area contributed by atoms with Gasteiger partial charge in [-0.05, 0) is 43.0 Å².